The van der Waals surface area contributed by atoms with Crippen LogP contribution in [0.2, 0.25) is 0 Å². The van der Waals surface area contributed by atoms with E-state index in [1.165, 1.54) is 5.57 Å². The largest absolute Gasteiger partial charge is 0.464 e. The molecule has 5 aliphatic carbocycles. The van der Waals surface area contributed by atoms with Gasteiger partial charge in [0.25, 0.3) is 0 Å². The molecule has 394 valence electrons. The van der Waals surface area contributed by atoms with Crippen LogP contribution in [0.1, 0.15) is 126 Å². The first-order valence-corrected chi connectivity index (χ1v) is 25.7. The molecule has 0 unspecified atom stereocenters. The lowest BCUT2D eigenvalue weighted by Crippen LogP contribution is -2.66. The summed E-state index contributed by atoms with van der Waals surface area (Å²) in [6, 6.07) is 0. The summed E-state index contributed by atoms with van der Waals surface area (Å²) in [4.78, 5) is 27.6. The molecule has 0 bridgehead atoms. The molecule has 8 aliphatic rings. The SMILES string of the molecule is CCCCOC(=O)[C@H]1O[C@@H](O[C@@H]2CC[C@]3(C)[C@H]4CC=C5[C@@H]6CC(C)(C)C[C@H](C(=O)O[C@@H]7O[C@H](CO)[C@@H](O)[C@H](O)[C@H]7O)[C@@H]6CC[C@@]5(C)[C@]4(C)CC[C@H]3C2(C)C)[C@H](O)[C@@H](O[C@@H]2OC[C@H](O)[C@H](O)[C@H]2O)[C@@H]1O. The van der Waals surface area contributed by atoms with Crippen molar-refractivity contribution in [3.05, 3.63) is 11.6 Å². The molecule has 9 N–H and O–H groups in total. The Hall–Kier alpha value is -1.88. The lowest BCUT2D eigenvalue weighted by Gasteiger charge is -2.71. The van der Waals surface area contributed by atoms with E-state index in [2.05, 4.69) is 54.5 Å². The Bertz CT molecular complexity index is 1880. The highest BCUT2D eigenvalue weighted by Crippen LogP contribution is 2.75. The summed E-state index contributed by atoms with van der Waals surface area (Å²) in [7, 11) is 0. The first kappa shape index (κ1) is 53.4. The Morgan fingerprint density at radius 2 is 1.43 bits per heavy atom. The second-order valence-electron chi connectivity index (χ2n) is 24.2. The van der Waals surface area contributed by atoms with Crippen molar-refractivity contribution in [1.82, 2.24) is 0 Å². The maximum Gasteiger partial charge on any atom is 0.338 e. The third-order valence-corrected chi connectivity index (χ3v) is 19.4. The van der Waals surface area contributed by atoms with Crippen LogP contribution in [0.3, 0.4) is 0 Å². The first-order chi connectivity index (χ1) is 32.3. The molecule has 8 rings (SSSR count). The summed E-state index contributed by atoms with van der Waals surface area (Å²) in [5.41, 5.74) is 0.360. The van der Waals surface area contributed by atoms with Crippen molar-refractivity contribution in [2.75, 3.05) is 19.8 Å². The van der Waals surface area contributed by atoms with Gasteiger partial charge in [-0.15, -0.1) is 0 Å². The van der Waals surface area contributed by atoms with Gasteiger partial charge in [-0.3, -0.25) is 4.79 Å². The van der Waals surface area contributed by atoms with Crippen LogP contribution < -0.4 is 0 Å². The third-order valence-electron chi connectivity index (χ3n) is 19.4. The Balaban J connectivity index is 1.01. The van der Waals surface area contributed by atoms with E-state index in [4.69, 9.17) is 33.2 Å². The number of ether oxygens (including phenoxy) is 7. The van der Waals surface area contributed by atoms with E-state index in [9.17, 15) is 55.5 Å². The average molecular weight is 983 g/mol. The minimum atomic E-state index is -1.76. The molecule has 4 saturated carbocycles. The molecule has 3 heterocycles. The first-order valence-electron chi connectivity index (χ1n) is 25.7. The molecule has 0 radical (unpaired) electrons. The molecule has 23 atom stereocenters. The van der Waals surface area contributed by atoms with Crippen molar-refractivity contribution in [3.8, 4) is 0 Å². The quantitative estimate of drug-likeness (QED) is 0.0620. The predicted octanol–water partition coefficient (Wildman–Crippen LogP) is 1.99. The van der Waals surface area contributed by atoms with Gasteiger partial charge in [0.2, 0.25) is 6.29 Å². The van der Waals surface area contributed by atoms with Gasteiger partial charge in [-0.05, 0) is 115 Å². The fraction of sp³-hybridized carbons (Fsp3) is 0.922. The number of unbranched alkanes of at least 4 members (excludes halogenated alkanes) is 1. The van der Waals surface area contributed by atoms with E-state index in [1.807, 2.05) is 6.92 Å². The van der Waals surface area contributed by atoms with Crippen LogP contribution in [-0.4, -0.2) is 170 Å². The van der Waals surface area contributed by atoms with Crippen LogP contribution in [0.15, 0.2) is 11.6 Å². The number of hydrogen-bond acceptors (Lipinski definition) is 18. The molecule has 0 spiro atoms. The number of aliphatic hydroxyl groups is 9. The number of allylic oxidation sites excluding steroid dienone is 2. The van der Waals surface area contributed by atoms with Gasteiger partial charge in [0, 0.05) is 0 Å². The zero-order valence-corrected chi connectivity index (χ0v) is 41.7. The lowest BCUT2D eigenvalue weighted by molar-refractivity contribution is -0.357. The van der Waals surface area contributed by atoms with E-state index >= 15 is 0 Å². The molecule has 3 saturated heterocycles. The zero-order chi connectivity index (χ0) is 50.3. The van der Waals surface area contributed by atoms with Gasteiger partial charge in [-0.1, -0.05) is 73.5 Å². The van der Waals surface area contributed by atoms with Crippen molar-refractivity contribution in [2.45, 2.75) is 218 Å². The summed E-state index contributed by atoms with van der Waals surface area (Å²) in [6.45, 7) is 17.1. The van der Waals surface area contributed by atoms with Crippen molar-refractivity contribution in [3.63, 3.8) is 0 Å². The van der Waals surface area contributed by atoms with Gasteiger partial charge in [0.05, 0.1) is 31.8 Å². The van der Waals surface area contributed by atoms with E-state index < -0.39 is 122 Å². The summed E-state index contributed by atoms with van der Waals surface area (Å²) in [5, 5.41) is 95.6. The van der Waals surface area contributed by atoms with Gasteiger partial charge in [-0.2, -0.15) is 0 Å². The number of rotatable bonds is 11. The normalized spacial score (nSPS) is 50.3. The molecule has 18 heteroatoms. The molecule has 0 aromatic heterocycles. The van der Waals surface area contributed by atoms with Crippen molar-refractivity contribution in [1.29, 1.82) is 0 Å². The Morgan fingerprint density at radius 3 is 2.13 bits per heavy atom. The standard InChI is InChI=1S/C51H82O18/c1-9-10-19-63-43(62)41-38(59)40(67-44-36(57)33(54)28(53)23-64-44)39(60)46(68-41)66-32-15-16-49(6)30(48(32,4)5)14-18-51(8)31(49)12-11-27-25-20-47(2,3)21-26(24(25)13-17-50(27,51)7)42(61)69-45-37(58)35(56)34(55)29(22-52)65-45/h11,24-26,28-41,44-46,52-60H,9-10,12-23H2,1-8H3/t24-,25-,26+,28+,29-,30+,31-,32-,33+,34-,35+,36-,37-,38+,39-,40+,41+,44+,45+,46-,49+,50-,51-/m1/s1. The van der Waals surface area contributed by atoms with Gasteiger partial charge >= 0.3 is 11.9 Å². The van der Waals surface area contributed by atoms with Crippen LogP contribution in [-0.2, 0) is 42.7 Å². The van der Waals surface area contributed by atoms with Gasteiger partial charge in [0.1, 0.15) is 61.0 Å². The fourth-order valence-electron chi connectivity index (χ4n) is 15.3. The smallest absolute Gasteiger partial charge is 0.338 e. The fourth-order valence-corrected chi connectivity index (χ4v) is 15.3. The molecular formula is C51H82O18. The number of aliphatic hydroxyl groups excluding tert-OH is 9. The van der Waals surface area contributed by atoms with E-state index in [1.54, 1.807) is 0 Å². The van der Waals surface area contributed by atoms with Crippen LogP contribution in [0.4, 0.5) is 0 Å². The molecule has 3 aliphatic heterocycles. The Kier molecular flexibility index (Phi) is 15.3. The Morgan fingerprint density at radius 1 is 0.725 bits per heavy atom. The van der Waals surface area contributed by atoms with Crippen LogP contribution in [0, 0.1) is 56.7 Å². The maximum atomic E-state index is 14.2. The predicted molar refractivity (Wildman–Crippen MR) is 243 cm³/mol. The van der Waals surface area contributed by atoms with E-state index in [-0.39, 0.29) is 52.6 Å². The number of fused-ring (bicyclic) bond motifs is 7. The topological polar surface area (TPSA) is 281 Å². The molecule has 7 fully saturated rings. The molecule has 0 aromatic rings. The van der Waals surface area contributed by atoms with E-state index in [0.29, 0.717) is 25.2 Å². The summed E-state index contributed by atoms with van der Waals surface area (Å²) in [5.74, 6) is -1.26. The van der Waals surface area contributed by atoms with Crippen molar-refractivity contribution >= 4 is 11.9 Å². The summed E-state index contributed by atoms with van der Waals surface area (Å²) in [6.07, 6.45) is -11.2. The maximum absolute atomic E-state index is 14.2. The second-order valence-corrected chi connectivity index (χ2v) is 24.2. The molecule has 0 amide bonds. The minimum absolute atomic E-state index is 0.00524. The molecule has 0 aromatic carbocycles. The minimum Gasteiger partial charge on any atom is -0.464 e. The number of carbonyl (C=O) groups excluding carboxylic acids is 2. The highest BCUT2D eigenvalue weighted by atomic mass is 16.7. The van der Waals surface area contributed by atoms with Gasteiger partial charge in [0.15, 0.2) is 18.7 Å². The second kappa shape index (κ2) is 19.8. The number of esters is 2. The van der Waals surface area contributed by atoms with Crippen molar-refractivity contribution in [2.24, 2.45) is 56.7 Å². The molecule has 69 heavy (non-hydrogen) atoms. The van der Waals surface area contributed by atoms with Gasteiger partial charge in [-0.25, -0.2) is 4.79 Å². The number of carbonyl (C=O) groups is 2. The van der Waals surface area contributed by atoms with Crippen LogP contribution >= 0.6 is 0 Å². The summed E-state index contributed by atoms with van der Waals surface area (Å²) < 4.78 is 41.1. The van der Waals surface area contributed by atoms with Gasteiger partial charge < -0.3 is 79.1 Å². The molecule has 18 nitrogen and oxygen atoms in total. The van der Waals surface area contributed by atoms with Crippen LogP contribution in [0.25, 0.3) is 0 Å². The molecular weight excluding hydrogens is 901 g/mol. The lowest BCUT2D eigenvalue weighted by atomic mass is 9.34. The monoisotopic (exact) mass is 983 g/mol. The highest BCUT2D eigenvalue weighted by molar-refractivity contribution is 5.76. The summed E-state index contributed by atoms with van der Waals surface area (Å²) >= 11 is 0. The zero-order valence-electron chi connectivity index (χ0n) is 41.7. The average Bonchev–Trinajstić information content (AvgIpc) is 3.29. The highest BCUT2D eigenvalue weighted by Gasteiger charge is 2.68. The van der Waals surface area contributed by atoms with Crippen LogP contribution in [0.5, 0.6) is 0 Å². The third kappa shape index (κ3) is 9.18. The number of hydrogen-bond donors (Lipinski definition) is 9. The van der Waals surface area contributed by atoms with Crippen molar-refractivity contribution < 1.29 is 88.7 Å². The van der Waals surface area contributed by atoms with E-state index in [0.717, 1.165) is 51.4 Å². The Labute approximate surface area is 406 Å².